The van der Waals surface area contributed by atoms with E-state index < -0.39 is 9.06 Å². The molecule has 0 radical (unpaired) electrons. The second-order valence-corrected chi connectivity index (χ2v) is 12.7. The first-order valence-corrected chi connectivity index (χ1v) is 8.23. The zero-order valence-electron chi connectivity index (χ0n) is 8.89. The Morgan fingerprint density at radius 1 is 1.09 bits per heavy atom. The first kappa shape index (κ1) is 11.7. The van der Waals surface area contributed by atoms with Crippen LogP contribution in [-0.4, -0.2) is 23.5 Å². The van der Waals surface area contributed by atoms with Gasteiger partial charge in [0.15, 0.2) is 0 Å². The molecule has 0 spiro atoms. The van der Waals surface area contributed by atoms with Gasteiger partial charge < -0.3 is 0 Å². The third-order valence-corrected chi connectivity index (χ3v) is 6.04. The molecule has 0 atom stereocenters. The highest BCUT2D eigenvalue weighted by atomic mass is 33.2. The fraction of sp³-hybridized carbons (Fsp3) is 1.00. The SMILES string of the molecule is CC(C)C(C)(C)SS(C)(C)C. The smallest absolute Gasteiger partial charge is 0.0215 e. The largest absolute Gasteiger partial charge is 0.201 e. The normalized spacial score (nSPS) is 15.6. The lowest BCUT2D eigenvalue weighted by Crippen LogP contribution is -2.23. The molecule has 0 saturated carbocycles. The van der Waals surface area contributed by atoms with Crippen LogP contribution in [0.15, 0.2) is 0 Å². The van der Waals surface area contributed by atoms with Crippen molar-refractivity contribution in [2.45, 2.75) is 32.4 Å². The molecule has 0 aliphatic heterocycles. The minimum Gasteiger partial charge on any atom is -0.201 e. The summed E-state index contributed by atoms with van der Waals surface area (Å²) >= 11 is 0. The van der Waals surface area contributed by atoms with Gasteiger partial charge in [0.1, 0.15) is 0 Å². The van der Waals surface area contributed by atoms with Gasteiger partial charge in [-0.3, -0.25) is 0 Å². The van der Waals surface area contributed by atoms with Gasteiger partial charge in [-0.1, -0.05) is 13.8 Å². The highest BCUT2D eigenvalue weighted by Gasteiger charge is 2.26. The van der Waals surface area contributed by atoms with Crippen molar-refractivity contribution < 1.29 is 0 Å². The standard InChI is InChI=1S/C9H22S2/c1-8(2)9(3,4)10-11(5,6)7/h8H,1-7H3. The monoisotopic (exact) mass is 194 g/mol. The molecule has 0 aromatic rings. The highest BCUT2D eigenvalue weighted by molar-refractivity contribution is 8.93. The first-order chi connectivity index (χ1) is 4.65. The molecule has 0 fully saturated rings. The summed E-state index contributed by atoms with van der Waals surface area (Å²) in [5.41, 5.74) is 0. The van der Waals surface area contributed by atoms with Crippen LogP contribution in [0.1, 0.15) is 27.7 Å². The predicted octanol–water partition coefficient (Wildman–Crippen LogP) is 3.76. The predicted molar refractivity (Wildman–Crippen MR) is 61.9 cm³/mol. The van der Waals surface area contributed by atoms with Crippen molar-refractivity contribution in [2.24, 2.45) is 5.92 Å². The van der Waals surface area contributed by atoms with Gasteiger partial charge >= 0.3 is 0 Å². The third kappa shape index (κ3) is 5.02. The molecule has 0 amide bonds. The van der Waals surface area contributed by atoms with E-state index in [0.29, 0.717) is 4.75 Å². The van der Waals surface area contributed by atoms with Crippen molar-refractivity contribution in [3.05, 3.63) is 0 Å². The van der Waals surface area contributed by atoms with E-state index in [1.54, 1.807) is 0 Å². The molecule has 0 N–H and O–H groups in total. The molecular formula is C9H22S2. The maximum atomic E-state index is 2.36. The summed E-state index contributed by atoms with van der Waals surface area (Å²) in [6.07, 6.45) is 7.09. The van der Waals surface area contributed by atoms with Crippen molar-refractivity contribution >= 4 is 19.9 Å². The van der Waals surface area contributed by atoms with E-state index in [9.17, 15) is 0 Å². The average molecular weight is 194 g/mol. The van der Waals surface area contributed by atoms with Gasteiger partial charge in [0.25, 0.3) is 0 Å². The average Bonchev–Trinajstić information content (AvgIpc) is 1.56. The maximum absolute atomic E-state index is 2.36. The fourth-order valence-electron chi connectivity index (χ4n) is 0.741. The number of hydrogen-bond acceptors (Lipinski definition) is 1. The molecule has 0 unspecified atom stereocenters. The van der Waals surface area contributed by atoms with Gasteiger partial charge in [0, 0.05) is 4.75 Å². The Kier molecular flexibility index (Phi) is 3.84. The van der Waals surface area contributed by atoms with Crippen molar-refractivity contribution in [2.75, 3.05) is 18.8 Å². The van der Waals surface area contributed by atoms with Gasteiger partial charge in [-0.15, -0.1) is 10.8 Å². The maximum Gasteiger partial charge on any atom is 0.0215 e. The summed E-state index contributed by atoms with van der Waals surface area (Å²) in [5, 5.41) is 0. The molecule has 0 aliphatic carbocycles. The molecule has 0 nitrogen and oxygen atoms in total. The molecular weight excluding hydrogens is 172 g/mol. The van der Waals surface area contributed by atoms with Gasteiger partial charge in [-0.25, -0.2) is 9.06 Å². The van der Waals surface area contributed by atoms with E-state index >= 15 is 0 Å². The summed E-state index contributed by atoms with van der Waals surface area (Å²) in [5.74, 6) is 0.763. The van der Waals surface area contributed by atoms with Crippen LogP contribution in [0.3, 0.4) is 0 Å². The van der Waals surface area contributed by atoms with E-state index in [1.807, 2.05) is 0 Å². The lowest BCUT2D eigenvalue weighted by Gasteiger charge is -2.38. The van der Waals surface area contributed by atoms with Crippen LogP contribution in [0.4, 0.5) is 0 Å². The van der Waals surface area contributed by atoms with Gasteiger partial charge in [-0.05, 0) is 38.5 Å². The fourth-order valence-corrected chi connectivity index (χ4v) is 6.67. The van der Waals surface area contributed by atoms with Crippen LogP contribution in [0.2, 0.25) is 0 Å². The number of rotatable bonds is 3. The van der Waals surface area contributed by atoms with Crippen molar-refractivity contribution in [3.63, 3.8) is 0 Å². The Labute approximate surface area is 77.2 Å². The van der Waals surface area contributed by atoms with Crippen molar-refractivity contribution in [1.29, 1.82) is 0 Å². The Morgan fingerprint density at radius 2 is 1.45 bits per heavy atom. The van der Waals surface area contributed by atoms with E-state index in [1.165, 1.54) is 0 Å². The Morgan fingerprint density at radius 3 is 1.55 bits per heavy atom. The van der Waals surface area contributed by atoms with Crippen LogP contribution in [0, 0.1) is 5.92 Å². The molecule has 0 heterocycles. The van der Waals surface area contributed by atoms with Gasteiger partial charge in [0.05, 0.1) is 0 Å². The molecule has 0 aromatic heterocycles. The van der Waals surface area contributed by atoms with E-state index in [-0.39, 0.29) is 0 Å². The second-order valence-electron chi connectivity index (χ2n) is 4.57. The Bertz CT molecular complexity index is 120. The molecule has 70 valence electrons. The Balaban J connectivity index is 4.13. The molecule has 0 bridgehead atoms. The summed E-state index contributed by atoms with van der Waals surface area (Å²) in [7, 11) is 1.74. The van der Waals surface area contributed by atoms with E-state index in [4.69, 9.17) is 0 Å². The quantitative estimate of drug-likeness (QED) is 0.616. The molecule has 2 heteroatoms. The van der Waals surface area contributed by atoms with Crippen molar-refractivity contribution in [1.82, 2.24) is 0 Å². The molecule has 0 rings (SSSR count). The summed E-state index contributed by atoms with van der Waals surface area (Å²) < 4.78 is 0.438. The lowest BCUT2D eigenvalue weighted by molar-refractivity contribution is 0.507. The van der Waals surface area contributed by atoms with E-state index in [2.05, 4.69) is 57.3 Å². The summed E-state index contributed by atoms with van der Waals surface area (Å²) in [6.45, 7) is 9.30. The molecule has 0 aliphatic rings. The van der Waals surface area contributed by atoms with E-state index in [0.717, 1.165) is 5.92 Å². The minimum atomic E-state index is -0.410. The minimum absolute atomic E-state index is 0.410. The van der Waals surface area contributed by atoms with Crippen LogP contribution in [-0.2, 0) is 0 Å². The first-order valence-electron chi connectivity index (χ1n) is 4.04. The summed E-state index contributed by atoms with van der Waals surface area (Å²) in [4.78, 5) is 0. The molecule has 0 saturated heterocycles. The number of hydrogen-bond donors (Lipinski definition) is 0. The van der Waals surface area contributed by atoms with Crippen molar-refractivity contribution in [3.8, 4) is 0 Å². The van der Waals surface area contributed by atoms with Crippen LogP contribution >= 0.6 is 19.9 Å². The molecule has 11 heavy (non-hydrogen) atoms. The zero-order chi connectivity index (χ0) is 9.28. The van der Waals surface area contributed by atoms with Crippen LogP contribution < -0.4 is 0 Å². The zero-order valence-corrected chi connectivity index (χ0v) is 10.5. The van der Waals surface area contributed by atoms with Gasteiger partial charge in [0.2, 0.25) is 0 Å². The second kappa shape index (κ2) is 3.61. The van der Waals surface area contributed by atoms with Gasteiger partial charge in [-0.2, -0.15) is 0 Å². The van der Waals surface area contributed by atoms with Crippen LogP contribution in [0.5, 0.6) is 0 Å². The lowest BCUT2D eigenvalue weighted by atomic mass is 10.00. The third-order valence-electron chi connectivity index (χ3n) is 1.86. The molecule has 0 aromatic carbocycles. The topological polar surface area (TPSA) is 0 Å². The van der Waals surface area contributed by atoms with Crippen LogP contribution in [0.25, 0.3) is 0 Å². The summed E-state index contributed by atoms with van der Waals surface area (Å²) in [6, 6.07) is 0. The Hall–Kier alpha value is 0.700. The highest BCUT2D eigenvalue weighted by Crippen LogP contribution is 2.57.